The molecule has 23 heavy (non-hydrogen) atoms. The average molecular weight is 325 g/mol. The molecule has 0 atom stereocenters. The van der Waals surface area contributed by atoms with E-state index in [4.69, 9.17) is 9.47 Å². The molecule has 122 valence electrons. The summed E-state index contributed by atoms with van der Waals surface area (Å²) in [7, 11) is 1.49. The number of Topliss-reactive ketones (excluding diaryl/α,β-unsaturated/α-hetero) is 1. The van der Waals surface area contributed by atoms with Gasteiger partial charge in [0.1, 0.15) is 5.75 Å². The van der Waals surface area contributed by atoms with Crippen LogP contribution in [0.4, 0.5) is 13.2 Å². The monoisotopic (exact) mass is 325 g/mol. The molecule has 1 heterocycles. The smallest absolute Gasteiger partial charge is 0.422 e. The van der Waals surface area contributed by atoms with Gasteiger partial charge < -0.3 is 9.47 Å². The zero-order chi connectivity index (χ0) is 17.0. The minimum absolute atomic E-state index is 0.0857. The number of nitrogens with zero attached hydrogens (tertiary/aromatic N) is 1. The lowest BCUT2D eigenvalue weighted by Gasteiger charge is -2.13. The molecule has 0 spiro atoms. The minimum Gasteiger partial charge on any atom is -0.483 e. The maximum atomic E-state index is 12.3. The Balaban J connectivity index is 2.32. The number of halogens is 3. The molecule has 0 bridgehead atoms. The van der Waals surface area contributed by atoms with Crippen LogP contribution in [0.15, 0.2) is 36.5 Å². The van der Waals surface area contributed by atoms with Crippen molar-refractivity contribution in [2.24, 2.45) is 0 Å². The molecule has 4 nitrogen and oxygen atoms in total. The fourth-order valence-electron chi connectivity index (χ4n) is 1.94. The predicted molar refractivity (Wildman–Crippen MR) is 77.8 cm³/mol. The Morgan fingerprint density at radius 3 is 2.39 bits per heavy atom. The van der Waals surface area contributed by atoms with Crippen LogP contribution in [0, 0.1) is 0 Å². The second kappa shape index (κ2) is 6.68. The summed E-state index contributed by atoms with van der Waals surface area (Å²) in [5.74, 6) is -0.0452. The Morgan fingerprint density at radius 1 is 1.17 bits per heavy atom. The second-order valence-corrected chi connectivity index (χ2v) is 4.76. The van der Waals surface area contributed by atoms with Gasteiger partial charge in [-0.05, 0) is 30.7 Å². The van der Waals surface area contributed by atoms with Gasteiger partial charge in [-0.3, -0.25) is 4.79 Å². The first-order valence-corrected chi connectivity index (χ1v) is 6.65. The van der Waals surface area contributed by atoms with E-state index in [1.807, 2.05) is 0 Å². The highest BCUT2D eigenvalue weighted by molar-refractivity contribution is 5.98. The van der Waals surface area contributed by atoms with Crippen LogP contribution in [0.5, 0.6) is 11.6 Å². The van der Waals surface area contributed by atoms with Crippen molar-refractivity contribution < 1.29 is 27.4 Å². The fourth-order valence-corrected chi connectivity index (χ4v) is 1.94. The van der Waals surface area contributed by atoms with Crippen LogP contribution in [-0.4, -0.2) is 30.7 Å². The van der Waals surface area contributed by atoms with Crippen molar-refractivity contribution in [3.63, 3.8) is 0 Å². The third-order valence-electron chi connectivity index (χ3n) is 3.03. The number of rotatable bonds is 5. The number of hydrogen-bond acceptors (Lipinski definition) is 4. The lowest BCUT2D eigenvalue weighted by molar-refractivity contribution is -0.153. The summed E-state index contributed by atoms with van der Waals surface area (Å²) in [6.45, 7) is -0.178. The summed E-state index contributed by atoms with van der Waals surface area (Å²) in [6.07, 6.45) is -2.92. The number of methoxy groups -OCH3 is 1. The summed E-state index contributed by atoms with van der Waals surface area (Å²) in [4.78, 5) is 15.7. The quantitative estimate of drug-likeness (QED) is 0.782. The fraction of sp³-hybridized carbons (Fsp3) is 0.250. The first-order chi connectivity index (χ1) is 10.8. The average Bonchev–Trinajstić information content (AvgIpc) is 2.52. The van der Waals surface area contributed by atoms with Crippen molar-refractivity contribution in [2.75, 3.05) is 13.7 Å². The molecule has 0 saturated carbocycles. The van der Waals surface area contributed by atoms with E-state index in [1.165, 1.54) is 26.2 Å². The van der Waals surface area contributed by atoms with Crippen molar-refractivity contribution in [3.05, 3.63) is 42.1 Å². The molecule has 2 aromatic rings. The van der Waals surface area contributed by atoms with Crippen LogP contribution in [0.2, 0.25) is 0 Å². The van der Waals surface area contributed by atoms with E-state index < -0.39 is 12.8 Å². The molecule has 0 aliphatic rings. The Kier molecular flexibility index (Phi) is 4.88. The topological polar surface area (TPSA) is 48.4 Å². The van der Waals surface area contributed by atoms with Crippen LogP contribution in [0.3, 0.4) is 0 Å². The van der Waals surface area contributed by atoms with Gasteiger partial charge in [0.2, 0.25) is 5.88 Å². The minimum atomic E-state index is -4.47. The first kappa shape index (κ1) is 16.8. The normalized spacial score (nSPS) is 11.2. The molecule has 0 aliphatic heterocycles. The highest BCUT2D eigenvalue weighted by Crippen LogP contribution is 2.29. The van der Waals surface area contributed by atoms with Crippen molar-refractivity contribution in [1.82, 2.24) is 4.98 Å². The van der Waals surface area contributed by atoms with Gasteiger partial charge in [0.05, 0.1) is 12.7 Å². The molecule has 1 aromatic heterocycles. The number of carbonyl (C=O) groups excluding carboxylic acids is 1. The van der Waals surface area contributed by atoms with E-state index in [0.29, 0.717) is 17.0 Å². The third kappa shape index (κ3) is 4.45. The molecular weight excluding hydrogens is 311 g/mol. The van der Waals surface area contributed by atoms with E-state index in [0.717, 1.165) is 0 Å². The molecule has 0 amide bonds. The van der Waals surface area contributed by atoms with Crippen LogP contribution >= 0.6 is 0 Å². The molecular formula is C16H14F3NO3. The van der Waals surface area contributed by atoms with E-state index in [-0.39, 0.29) is 17.1 Å². The number of pyridine rings is 1. The number of ether oxygens (including phenoxy) is 2. The summed E-state index contributed by atoms with van der Waals surface area (Å²) in [5, 5.41) is 0. The number of benzene rings is 1. The number of ketones is 1. The molecule has 1 aromatic carbocycles. The number of alkyl halides is 3. The Morgan fingerprint density at radius 2 is 1.87 bits per heavy atom. The molecule has 0 radical (unpaired) electrons. The van der Waals surface area contributed by atoms with Gasteiger partial charge in [-0.15, -0.1) is 0 Å². The van der Waals surface area contributed by atoms with Crippen LogP contribution in [0.1, 0.15) is 17.3 Å². The molecule has 2 rings (SSSR count). The standard InChI is InChI=1S/C16H14F3NO3/c1-10(21)13-7-11(12-4-6-15(22-2)20-8-12)3-5-14(13)23-9-16(17,18)19/h3-8H,9H2,1-2H3. The van der Waals surface area contributed by atoms with Crippen molar-refractivity contribution in [1.29, 1.82) is 0 Å². The van der Waals surface area contributed by atoms with Crippen LogP contribution in [0.25, 0.3) is 11.1 Å². The molecule has 0 unspecified atom stereocenters. The van der Waals surface area contributed by atoms with E-state index in [2.05, 4.69) is 4.98 Å². The summed E-state index contributed by atoms with van der Waals surface area (Å²) in [5.41, 5.74) is 1.43. The Hall–Kier alpha value is -2.57. The molecule has 7 heteroatoms. The summed E-state index contributed by atoms with van der Waals surface area (Å²) >= 11 is 0. The second-order valence-electron chi connectivity index (χ2n) is 4.76. The Bertz CT molecular complexity index is 697. The van der Waals surface area contributed by atoms with Gasteiger partial charge in [0, 0.05) is 17.8 Å². The van der Waals surface area contributed by atoms with E-state index >= 15 is 0 Å². The highest BCUT2D eigenvalue weighted by Gasteiger charge is 2.29. The largest absolute Gasteiger partial charge is 0.483 e. The summed E-state index contributed by atoms with van der Waals surface area (Å²) < 4.78 is 46.4. The molecule has 0 fully saturated rings. The lowest BCUT2D eigenvalue weighted by Crippen LogP contribution is -2.20. The van der Waals surface area contributed by atoms with Gasteiger partial charge in [-0.2, -0.15) is 13.2 Å². The van der Waals surface area contributed by atoms with Crippen molar-refractivity contribution in [3.8, 4) is 22.8 Å². The van der Waals surface area contributed by atoms with Crippen molar-refractivity contribution >= 4 is 5.78 Å². The maximum absolute atomic E-state index is 12.3. The van der Waals surface area contributed by atoms with Crippen LogP contribution in [-0.2, 0) is 0 Å². The molecule has 0 N–H and O–H groups in total. The van der Waals surface area contributed by atoms with Crippen molar-refractivity contribution in [2.45, 2.75) is 13.1 Å². The van der Waals surface area contributed by atoms with Gasteiger partial charge in [0.25, 0.3) is 0 Å². The van der Waals surface area contributed by atoms with Crippen LogP contribution < -0.4 is 9.47 Å². The molecule has 0 aliphatic carbocycles. The van der Waals surface area contributed by atoms with Gasteiger partial charge in [0.15, 0.2) is 12.4 Å². The number of aromatic nitrogens is 1. The third-order valence-corrected chi connectivity index (χ3v) is 3.03. The van der Waals surface area contributed by atoms with E-state index in [1.54, 1.807) is 24.4 Å². The maximum Gasteiger partial charge on any atom is 0.422 e. The number of hydrogen-bond donors (Lipinski definition) is 0. The van der Waals surface area contributed by atoms with Gasteiger partial charge in [-0.1, -0.05) is 6.07 Å². The van der Waals surface area contributed by atoms with Gasteiger partial charge >= 0.3 is 6.18 Å². The molecule has 0 saturated heterocycles. The zero-order valence-corrected chi connectivity index (χ0v) is 12.5. The predicted octanol–water partition coefficient (Wildman–Crippen LogP) is 3.90. The Labute approximate surface area is 130 Å². The lowest BCUT2D eigenvalue weighted by atomic mass is 10.0. The first-order valence-electron chi connectivity index (χ1n) is 6.65. The van der Waals surface area contributed by atoms with Gasteiger partial charge in [-0.25, -0.2) is 4.98 Å². The number of carbonyl (C=O) groups is 1. The zero-order valence-electron chi connectivity index (χ0n) is 12.5. The SMILES string of the molecule is COc1ccc(-c2ccc(OCC(F)(F)F)c(C(C)=O)c2)cn1. The highest BCUT2D eigenvalue weighted by atomic mass is 19.4. The summed E-state index contributed by atoms with van der Waals surface area (Å²) in [6, 6.07) is 7.79. The van der Waals surface area contributed by atoms with E-state index in [9.17, 15) is 18.0 Å².